The fraction of sp³-hybridized carbons (Fsp3) is 0.875. The van der Waals surface area contributed by atoms with Crippen LogP contribution in [0, 0.1) is 0 Å². The molecule has 1 nitrogen and oxygen atoms in total. The average Bonchev–Trinajstić information content (AvgIpc) is 2.31. The number of rotatable bonds is 3. The van der Waals surface area contributed by atoms with E-state index < -0.39 is 0 Å². The second kappa shape index (κ2) is 4.02. The summed E-state index contributed by atoms with van der Waals surface area (Å²) in [6, 6.07) is 0.775. The zero-order valence-electron chi connectivity index (χ0n) is 6.84. The van der Waals surface area contributed by atoms with Gasteiger partial charge in [0.05, 0.1) is 5.75 Å². The van der Waals surface area contributed by atoms with Gasteiger partial charge in [-0.3, -0.25) is 0 Å². The Labute approximate surface area is 67.5 Å². The molecule has 0 aromatic heterocycles. The normalized spacial score (nSPS) is 25.0. The molecular weight excluding hydrogens is 142 g/mol. The predicted octanol–water partition coefficient (Wildman–Crippen LogP) is 1.96. The maximum absolute atomic E-state index is 2.45. The van der Waals surface area contributed by atoms with Gasteiger partial charge in [0, 0.05) is 6.42 Å². The van der Waals surface area contributed by atoms with Crippen molar-refractivity contribution < 1.29 is 4.58 Å². The van der Waals surface area contributed by atoms with E-state index in [-0.39, 0.29) is 0 Å². The lowest BCUT2D eigenvalue weighted by molar-refractivity contribution is -0.548. The van der Waals surface area contributed by atoms with Gasteiger partial charge < -0.3 is 0 Å². The molecule has 0 bridgehead atoms. The van der Waals surface area contributed by atoms with Crippen LogP contribution in [0.15, 0.2) is 0 Å². The lowest BCUT2D eigenvalue weighted by atomic mass is 10.3. The van der Waals surface area contributed by atoms with Gasteiger partial charge in [0.15, 0.2) is 11.6 Å². The van der Waals surface area contributed by atoms with E-state index in [1.54, 1.807) is 0 Å². The largest absolute Gasteiger partial charge is 0.227 e. The van der Waals surface area contributed by atoms with Gasteiger partial charge in [-0.25, -0.2) is 4.58 Å². The molecule has 1 aliphatic rings. The van der Waals surface area contributed by atoms with E-state index in [1.807, 2.05) is 11.8 Å². The van der Waals surface area contributed by atoms with Crippen molar-refractivity contribution in [2.75, 3.05) is 12.3 Å². The first kappa shape index (κ1) is 8.12. The van der Waals surface area contributed by atoms with Gasteiger partial charge in [0.25, 0.3) is 0 Å². The maximum atomic E-state index is 2.45. The van der Waals surface area contributed by atoms with E-state index in [1.165, 1.54) is 25.1 Å². The first-order chi connectivity index (χ1) is 4.84. The minimum Gasteiger partial charge on any atom is -0.227 e. The van der Waals surface area contributed by atoms with Gasteiger partial charge in [0.2, 0.25) is 0 Å². The van der Waals surface area contributed by atoms with Crippen LogP contribution in [0.1, 0.15) is 26.7 Å². The Bertz CT molecular complexity index is 131. The fourth-order valence-electron chi connectivity index (χ4n) is 1.09. The van der Waals surface area contributed by atoms with Gasteiger partial charge in [-0.2, -0.15) is 0 Å². The summed E-state index contributed by atoms with van der Waals surface area (Å²) in [4.78, 5) is 0. The summed E-state index contributed by atoms with van der Waals surface area (Å²) in [5.41, 5.74) is 2.28. The fourth-order valence-corrected chi connectivity index (χ4v) is 2.15. The molecule has 0 N–H and O–H groups in total. The molecule has 58 valence electrons. The smallest absolute Gasteiger partial charge is 0.198 e. The second-order valence-electron chi connectivity index (χ2n) is 2.88. The van der Waals surface area contributed by atoms with Crippen molar-refractivity contribution in [2.24, 2.45) is 0 Å². The third kappa shape index (κ3) is 2.01. The van der Waals surface area contributed by atoms with Crippen LogP contribution in [0.4, 0.5) is 0 Å². The first-order valence-electron chi connectivity index (χ1n) is 4.05. The number of hydrogen-bond acceptors (Lipinski definition) is 1. The molecule has 1 unspecified atom stereocenters. The lowest BCUT2D eigenvalue weighted by Crippen LogP contribution is -2.21. The lowest BCUT2D eigenvalue weighted by Gasteiger charge is -2.01. The van der Waals surface area contributed by atoms with Gasteiger partial charge in [-0.1, -0.05) is 25.1 Å². The van der Waals surface area contributed by atoms with Crippen LogP contribution in [0.2, 0.25) is 0 Å². The Kier molecular flexibility index (Phi) is 3.26. The van der Waals surface area contributed by atoms with Gasteiger partial charge >= 0.3 is 0 Å². The zero-order chi connectivity index (χ0) is 7.40. The highest BCUT2D eigenvalue weighted by molar-refractivity contribution is 8.12. The minimum absolute atomic E-state index is 0.775. The van der Waals surface area contributed by atoms with E-state index in [0.717, 1.165) is 6.04 Å². The highest BCUT2D eigenvalue weighted by atomic mass is 32.2. The van der Waals surface area contributed by atoms with E-state index in [4.69, 9.17) is 0 Å². The maximum Gasteiger partial charge on any atom is 0.198 e. The Morgan fingerprint density at radius 1 is 1.70 bits per heavy atom. The van der Waals surface area contributed by atoms with Crippen molar-refractivity contribution >= 4 is 17.3 Å². The topological polar surface area (TPSA) is 3.01 Å². The standard InChI is InChI=1S/C8H16NS/c1-3-4-5-9-7-10-6-8(9)2/h7-8H,3-6H2,1-2H3/q+1. The zero-order valence-corrected chi connectivity index (χ0v) is 7.66. The number of unbranched alkanes of at least 4 members (excludes halogenated alkanes) is 1. The Hall–Kier alpha value is 0.0200. The Morgan fingerprint density at radius 3 is 3.00 bits per heavy atom. The van der Waals surface area contributed by atoms with Gasteiger partial charge in [-0.05, 0) is 6.92 Å². The molecule has 0 amide bonds. The van der Waals surface area contributed by atoms with E-state index in [0.29, 0.717) is 0 Å². The molecule has 0 fully saturated rings. The van der Waals surface area contributed by atoms with Crippen LogP contribution in [0.5, 0.6) is 0 Å². The summed E-state index contributed by atoms with van der Waals surface area (Å²) in [5, 5.41) is 0. The molecule has 1 atom stereocenters. The SMILES string of the molecule is CCCC[N+]1=CSCC1C. The number of thioether (sulfide) groups is 1. The molecule has 1 heterocycles. The Morgan fingerprint density at radius 2 is 2.50 bits per heavy atom. The van der Waals surface area contributed by atoms with E-state index in [2.05, 4.69) is 24.0 Å². The molecule has 0 aliphatic carbocycles. The monoisotopic (exact) mass is 158 g/mol. The molecule has 1 aliphatic heterocycles. The van der Waals surface area contributed by atoms with Crippen LogP contribution in [-0.2, 0) is 0 Å². The molecule has 1 rings (SSSR count). The molecule has 0 aromatic carbocycles. The second-order valence-corrected chi connectivity index (χ2v) is 3.76. The summed E-state index contributed by atoms with van der Waals surface area (Å²) in [6.45, 7) is 5.80. The summed E-state index contributed by atoms with van der Waals surface area (Å²) in [6.07, 6.45) is 2.64. The molecule has 0 spiro atoms. The van der Waals surface area contributed by atoms with Crippen molar-refractivity contribution in [1.82, 2.24) is 0 Å². The molecule has 2 heteroatoms. The van der Waals surface area contributed by atoms with E-state index in [9.17, 15) is 0 Å². The predicted molar refractivity (Wildman–Crippen MR) is 48.0 cm³/mol. The van der Waals surface area contributed by atoms with Crippen LogP contribution in [-0.4, -0.2) is 28.5 Å². The number of hydrogen-bond donors (Lipinski definition) is 0. The summed E-state index contributed by atoms with van der Waals surface area (Å²) in [7, 11) is 0. The van der Waals surface area contributed by atoms with Crippen LogP contribution < -0.4 is 0 Å². The first-order valence-corrected chi connectivity index (χ1v) is 5.10. The van der Waals surface area contributed by atoms with Crippen LogP contribution in [0.3, 0.4) is 0 Å². The molecule has 0 saturated heterocycles. The highest BCUT2D eigenvalue weighted by Gasteiger charge is 2.20. The molecule has 0 saturated carbocycles. The van der Waals surface area contributed by atoms with Crippen LogP contribution in [0.25, 0.3) is 0 Å². The van der Waals surface area contributed by atoms with Crippen molar-refractivity contribution in [3.63, 3.8) is 0 Å². The molecule has 10 heavy (non-hydrogen) atoms. The number of nitrogens with zero attached hydrogens (tertiary/aromatic N) is 1. The van der Waals surface area contributed by atoms with Crippen molar-refractivity contribution in [3.05, 3.63) is 0 Å². The van der Waals surface area contributed by atoms with E-state index >= 15 is 0 Å². The van der Waals surface area contributed by atoms with Gasteiger partial charge in [0.1, 0.15) is 6.54 Å². The van der Waals surface area contributed by atoms with Gasteiger partial charge in [-0.15, -0.1) is 0 Å². The molecule has 0 radical (unpaired) electrons. The summed E-state index contributed by atoms with van der Waals surface area (Å²) < 4.78 is 2.45. The summed E-state index contributed by atoms with van der Waals surface area (Å²) in [5.74, 6) is 1.28. The average molecular weight is 158 g/mol. The third-order valence-electron chi connectivity index (χ3n) is 1.88. The minimum atomic E-state index is 0.775. The third-order valence-corrected chi connectivity index (χ3v) is 2.98. The Balaban J connectivity index is 2.26. The molecule has 0 aromatic rings. The van der Waals surface area contributed by atoms with Crippen molar-refractivity contribution in [2.45, 2.75) is 32.7 Å². The van der Waals surface area contributed by atoms with Crippen LogP contribution >= 0.6 is 11.8 Å². The summed E-state index contributed by atoms with van der Waals surface area (Å²) >= 11 is 1.94. The van der Waals surface area contributed by atoms with Crippen molar-refractivity contribution in [3.8, 4) is 0 Å². The quantitative estimate of drug-likeness (QED) is 0.567. The molecular formula is C8H16NS+. The van der Waals surface area contributed by atoms with Crippen molar-refractivity contribution in [1.29, 1.82) is 0 Å². The highest BCUT2D eigenvalue weighted by Crippen LogP contribution is 2.10.